The van der Waals surface area contributed by atoms with Crippen LogP contribution in [0.3, 0.4) is 0 Å². The predicted molar refractivity (Wildman–Crippen MR) is 108 cm³/mol. The molecule has 1 spiro atoms. The zero-order valence-electron chi connectivity index (χ0n) is 17.8. The van der Waals surface area contributed by atoms with E-state index in [2.05, 4.69) is 10.4 Å². The molecule has 1 aliphatic carbocycles. The van der Waals surface area contributed by atoms with Crippen LogP contribution in [0.1, 0.15) is 69.3 Å². The fourth-order valence-electron chi connectivity index (χ4n) is 4.67. The molecule has 2 aromatic rings. The van der Waals surface area contributed by atoms with E-state index in [1.807, 2.05) is 36.5 Å². The van der Waals surface area contributed by atoms with Gasteiger partial charge in [0.1, 0.15) is 11.5 Å². The molecule has 30 heavy (non-hydrogen) atoms. The average Bonchev–Trinajstić information content (AvgIpc) is 3.39. The molecule has 2 aromatic heterocycles. The van der Waals surface area contributed by atoms with Crippen LogP contribution in [0.4, 0.5) is 0 Å². The first-order valence-electron chi connectivity index (χ1n) is 10.7. The Labute approximate surface area is 175 Å². The SMILES string of the molecule is Cc1cc(C(=O)N2CCC3(CC2)Cc2c(c(C(=O)NC4CC4)nn2C)CO3)c(C)o1. The molecule has 1 N–H and O–H groups in total. The second-order valence-electron chi connectivity index (χ2n) is 8.91. The Balaban J connectivity index is 1.28. The maximum atomic E-state index is 12.9. The number of fused-ring (bicyclic) bond motifs is 1. The summed E-state index contributed by atoms with van der Waals surface area (Å²) in [7, 11) is 1.90. The smallest absolute Gasteiger partial charge is 0.272 e. The number of piperidine rings is 1. The highest BCUT2D eigenvalue weighted by Crippen LogP contribution is 2.37. The third-order valence-electron chi connectivity index (χ3n) is 6.65. The molecular formula is C22H28N4O4. The number of carbonyl (C=O) groups is 2. The number of rotatable bonds is 3. The van der Waals surface area contributed by atoms with Gasteiger partial charge in [-0.15, -0.1) is 0 Å². The van der Waals surface area contributed by atoms with Crippen molar-refractivity contribution in [2.75, 3.05) is 13.1 Å². The summed E-state index contributed by atoms with van der Waals surface area (Å²) in [5.41, 5.74) is 2.82. The Morgan fingerprint density at radius 1 is 1.23 bits per heavy atom. The van der Waals surface area contributed by atoms with Crippen LogP contribution in [0.25, 0.3) is 0 Å². The Morgan fingerprint density at radius 3 is 2.60 bits per heavy atom. The Morgan fingerprint density at radius 2 is 1.97 bits per heavy atom. The molecule has 3 aliphatic rings. The normalized spacial score (nSPS) is 20.3. The van der Waals surface area contributed by atoms with Gasteiger partial charge in [0.05, 0.1) is 17.8 Å². The fraction of sp³-hybridized carbons (Fsp3) is 0.591. The number of hydrogen-bond donors (Lipinski definition) is 1. The second kappa shape index (κ2) is 6.97. The topological polar surface area (TPSA) is 89.6 Å². The fourth-order valence-corrected chi connectivity index (χ4v) is 4.67. The van der Waals surface area contributed by atoms with E-state index in [4.69, 9.17) is 9.15 Å². The lowest BCUT2D eigenvalue weighted by atomic mass is 9.83. The van der Waals surface area contributed by atoms with Crippen molar-refractivity contribution in [1.82, 2.24) is 20.0 Å². The van der Waals surface area contributed by atoms with Crippen molar-refractivity contribution in [3.63, 3.8) is 0 Å². The molecule has 0 radical (unpaired) electrons. The van der Waals surface area contributed by atoms with Gasteiger partial charge >= 0.3 is 0 Å². The maximum absolute atomic E-state index is 12.9. The minimum Gasteiger partial charge on any atom is -0.466 e. The molecule has 2 aliphatic heterocycles. The molecule has 4 heterocycles. The van der Waals surface area contributed by atoms with Crippen molar-refractivity contribution < 1.29 is 18.7 Å². The third-order valence-corrected chi connectivity index (χ3v) is 6.65. The highest BCUT2D eigenvalue weighted by molar-refractivity contribution is 5.95. The van der Waals surface area contributed by atoms with Crippen molar-refractivity contribution in [2.45, 2.75) is 64.2 Å². The van der Waals surface area contributed by atoms with E-state index in [0.717, 1.165) is 42.7 Å². The quantitative estimate of drug-likeness (QED) is 0.835. The van der Waals surface area contributed by atoms with Gasteiger partial charge in [-0.05, 0) is 45.6 Å². The molecule has 0 aromatic carbocycles. The summed E-state index contributed by atoms with van der Waals surface area (Å²) in [4.78, 5) is 27.3. The number of ether oxygens (including phenoxy) is 1. The largest absolute Gasteiger partial charge is 0.466 e. The van der Waals surface area contributed by atoms with Crippen LogP contribution in [0, 0.1) is 13.8 Å². The van der Waals surface area contributed by atoms with Crippen molar-refractivity contribution >= 4 is 11.8 Å². The van der Waals surface area contributed by atoms with Crippen LogP contribution in [0.15, 0.2) is 10.5 Å². The summed E-state index contributed by atoms with van der Waals surface area (Å²) < 4.78 is 13.7. The summed E-state index contributed by atoms with van der Waals surface area (Å²) in [6.07, 6.45) is 4.35. The molecule has 1 saturated carbocycles. The van der Waals surface area contributed by atoms with Crippen LogP contribution >= 0.6 is 0 Å². The highest BCUT2D eigenvalue weighted by atomic mass is 16.5. The molecular weight excluding hydrogens is 384 g/mol. The van der Waals surface area contributed by atoms with Gasteiger partial charge in [0, 0.05) is 43.9 Å². The monoisotopic (exact) mass is 412 g/mol. The lowest BCUT2D eigenvalue weighted by molar-refractivity contribution is -0.0990. The molecule has 160 valence electrons. The van der Waals surface area contributed by atoms with Crippen LogP contribution in [0.5, 0.6) is 0 Å². The number of nitrogens with zero attached hydrogens (tertiary/aromatic N) is 3. The zero-order valence-corrected chi connectivity index (χ0v) is 17.8. The van der Waals surface area contributed by atoms with Gasteiger partial charge in [-0.2, -0.15) is 5.10 Å². The number of likely N-dealkylation sites (tertiary alicyclic amines) is 1. The molecule has 0 atom stereocenters. The predicted octanol–water partition coefficient (Wildman–Crippen LogP) is 2.27. The van der Waals surface area contributed by atoms with Crippen LogP contribution in [-0.4, -0.2) is 51.2 Å². The highest BCUT2D eigenvalue weighted by Gasteiger charge is 2.43. The summed E-state index contributed by atoms with van der Waals surface area (Å²) >= 11 is 0. The van der Waals surface area contributed by atoms with Gasteiger partial charge in [-0.25, -0.2) is 0 Å². The van der Waals surface area contributed by atoms with E-state index in [1.165, 1.54) is 0 Å². The standard InChI is InChI=1S/C22H28N4O4/c1-13-10-16(14(2)30-13)21(28)26-8-6-22(7-9-26)11-18-17(12-29-22)19(24-25(18)3)20(27)23-15-4-5-15/h10,15H,4-9,11-12H2,1-3H3,(H,23,27). The van der Waals surface area contributed by atoms with Gasteiger partial charge in [-0.1, -0.05) is 0 Å². The average molecular weight is 412 g/mol. The van der Waals surface area contributed by atoms with Gasteiger partial charge in [0.25, 0.3) is 11.8 Å². The van der Waals surface area contributed by atoms with Crippen molar-refractivity contribution in [3.8, 4) is 0 Å². The number of hydrogen-bond acceptors (Lipinski definition) is 5. The van der Waals surface area contributed by atoms with E-state index in [0.29, 0.717) is 49.2 Å². The summed E-state index contributed by atoms with van der Waals surface area (Å²) in [6, 6.07) is 2.12. The van der Waals surface area contributed by atoms with E-state index >= 15 is 0 Å². The van der Waals surface area contributed by atoms with E-state index in [-0.39, 0.29) is 17.4 Å². The van der Waals surface area contributed by atoms with E-state index in [1.54, 1.807) is 0 Å². The minimum atomic E-state index is -0.302. The molecule has 8 heteroatoms. The number of amides is 2. The maximum Gasteiger partial charge on any atom is 0.272 e. The lowest BCUT2D eigenvalue weighted by Crippen LogP contribution is -2.50. The zero-order chi connectivity index (χ0) is 21.0. The number of furan rings is 1. The summed E-state index contributed by atoms with van der Waals surface area (Å²) in [5.74, 6) is 1.35. The molecule has 1 saturated heterocycles. The Hall–Kier alpha value is -2.61. The molecule has 0 bridgehead atoms. The van der Waals surface area contributed by atoms with Crippen molar-refractivity contribution in [3.05, 3.63) is 40.1 Å². The first kappa shape index (κ1) is 19.4. The number of nitrogens with one attached hydrogen (secondary N) is 1. The van der Waals surface area contributed by atoms with E-state index in [9.17, 15) is 9.59 Å². The molecule has 5 rings (SSSR count). The molecule has 2 amide bonds. The minimum absolute atomic E-state index is 0.0234. The van der Waals surface area contributed by atoms with Gasteiger partial charge in [-0.3, -0.25) is 14.3 Å². The van der Waals surface area contributed by atoms with Crippen LogP contribution in [-0.2, 0) is 24.8 Å². The van der Waals surface area contributed by atoms with Crippen molar-refractivity contribution in [1.29, 1.82) is 0 Å². The van der Waals surface area contributed by atoms with Gasteiger partial charge < -0.3 is 19.4 Å². The molecule has 0 unspecified atom stereocenters. The van der Waals surface area contributed by atoms with Crippen LogP contribution < -0.4 is 5.32 Å². The van der Waals surface area contributed by atoms with E-state index < -0.39 is 0 Å². The Bertz CT molecular complexity index is 1010. The number of carbonyl (C=O) groups excluding carboxylic acids is 2. The first-order chi connectivity index (χ1) is 14.3. The van der Waals surface area contributed by atoms with Crippen molar-refractivity contribution in [2.24, 2.45) is 7.05 Å². The third kappa shape index (κ3) is 3.33. The second-order valence-corrected chi connectivity index (χ2v) is 8.91. The van der Waals surface area contributed by atoms with Crippen LogP contribution in [0.2, 0.25) is 0 Å². The Kier molecular flexibility index (Phi) is 4.50. The number of aryl methyl sites for hydroxylation is 3. The first-order valence-corrected chi connectivity index (χ1v) is 10.7. The molecule has 2 fully saturated rings. The van der Waals surface area contributed by atoms with Gasteiger partial charge in [0.15, 0.2) is 5.69 Å². The molecule has 8 nitrogen and oxygen atoms in total. The summed E-state index contributed by atoms with van der Waals surface area (Å²) in [6.45, 7) is 5.37. The van der Waals surface area contributed by atoms with Gasteiger partial charge in [0.2, 0.25) is 0 Å². The number of aromatic nitrogens is 2. The summed E-state index contributed by atoms with van der Waals surface area (Å²) in [5, 5.41) is 7.52. The lowest BCUT2D eigenvalue weighted by Gasteiger charge is -2.43.